The Labute approximate surface area is 144 Å². The minimum absolute atomic E-state index is 0.0397. The number of nitrogens with zero attached hydrogens (tertiary/aromatic N) is 3. The van der Waals surface area contributed by atoms with Crippen LogP contribution in [0.25, 0.3) is 11.4 Å². The minimum atomic E-state index is -0.315. The van der Waals surface area contributed by atoms with Crippen LogP contribution in [0.15, 0.2) is 53.3 Å². The number of aryl methyl sites for hydroxylation is 1. The molecule has 6 nitrogen and oxygen atoms in total. The molecule has 2 heterocycles. The summed E-state index contributed by atoms with van der Waals surface area (Å²) in [5, 5.41) is 6.71. The summed E-state index contributed by atoms with van der Waals surface area (Å²) in [4.78, 5) is 20.1. The van der Waals surface area contributed by atoms with Gasteiger partial charge in [-0.1, -0.05) is 11.2 Å². The zero-order valence-corrected chi connectivity index (χ0v) is 13.5. The zero-order chi connectivity index (χ0) is 17.5. The molecule has 0 fully saturated rings. The van der Waals surface area contributed by atoms with Crippen LogP contribution in [0.1, 0.15) is 24.3 Å². The van der Waals surface area contributed by atoms with Crippen molar-refractivity contribution in [3.05, 3.63) is 66.1 Å². The molecule has 128 valence electrons. The van der Waals surface area contributed by atoms with Crippen molar-refractivity contribution in [1.82, 2.24) is 20.4 Å². The van der Waals surface area contributed by atoms with Gasteiger partial charge in [0.1, 0.15) is 5.82 Å². The SMILES string of the molecule is O=C(CCCc1nc(-c2ccc(F)cc2)no1)NCc1cccnc1. The molecule has 0 radical (unpaired) electrons. The fourth-order valence-electron chi connectivity index (χ4n) is 2.26. The maximum atomic E-state index is 12.9. The number of aromatic nitrogens is 3. The second-order valence-electron chi connectivity index (χ2n) is 5.51. The fraction of sp³-hybridized carbons (Fsp3) is 0.222. The lowest BCUT2D eigenvalue weighted by Gasteiger charge is -2.04. The van der Waals surface area contributed by atoms with E-state index < -0.39 is 0 Å². The van der Waals surface area contributed by atoms with E-state index in [2.05, 4.69) is 20.4 Å². The summed E-state index contributed by atoms with van der Waals surface area (Å²) in [6.07, 6.45) is 4.89. The molecule has 7 heteroatoms. The molecular weight excluding hydrogens is 323 g/mol. The van der Waals surface area contributed by atoms with Gasteiger partial charge >= 0.3 is 0 Å². The van der Waals surface area contributed by atoms with Gasteiger partial charge in [-0.2, -0.15) is 4.98 Å². The van der Waals surface area contributed by atoms with Crippen molar-refractivity contribution in [1.29, 1.82) is 0 Å². The molecule has 0 unspecified atom stereocenters. The third kappa shape index (κ3) is 4.94. The van der Waals surface area contributed by atoms with E-state index in [1.54, 1.807) is 24.5 Å². The molecule has 25 heavy (non-hydrogen) atoms. The van der Waals surface area contributed by atoms with Gasteiger partial charge in [0.15, 0.2) is 0 Å². The van der Waals surface area contributed by atoms with Crippen LogP contribution in [0.3, 0.4) is 0 Å². The summed E-state index contributed by atoms with van der Waals surface area (Å²) in [6.45, 7) is 0.460. The van der Waals surface area contributed by atoms with Crippen molar-refractivity contribution < 1.29 is 13.7 Å². The van der Waals surface area contributed by atoms with Crippen LogP contribution >= 0.6 is 0 Å². The fourth-order valence-corrected chi connectivity index (χ4v) is 2.26. The van der Waals surface area contributed by atoms with Crippen LogP contribution in [0.5, 0.6) is 0 Å². The Kier molecular flexibility index (Phi) is 5.46. The predicted octanol–water partition coefficient (Wildman–Crippen LogP) is 2.91. The zero-order valence-electron chi connectivity index (χ0n) is 13.5. The van der Waals surface area contributed by atoms with Crippen molar-refractivity contribution in [3.63, 3.8) is 0 Å². The number of halogens is 1. The second-order valence-corrected chi connectivity index (χ2v) is 5.51. The highest BCUT2D eigenvalue weighted by atomic mass is 19.1. The largest absolute Gasteiger partial charge is 0.352 e. The van der Waals surface area contributed by atoms with Crippen molar-refractivity contribution in [3.8, 4) is 11.4 Å². The molecule has 0 aliphatic heterocycles. The molecule has 0 aliphatic carbocycles. The highest BCUT2D eigenvalue weighted by molar-refractivity contribution is 5.75. The van der Waals surface area contributed by atoms with Gasteiger partial charge in [-0.05, 0) is 42.3 Å². The summed E-state index contributed by atoms with van der Waals surface area (Å²) in [7, 11) is 0. The Morgan fingerprint density at radius 2 is 2.04 bits per heavy atom. The Morgan fingerprint density at radius 1 is 1.20 bits per heavy atom. The van der Waals surface area contributed by atoms with Gasteiger partial charge in [-0.15, -0.1) is 0 Å². The molecule has 3 aromatic rings. The third-order valence-corrected chi connectivity index (χ3v) is 3.58. The summed E-state index contributed by atoms with van der Waals surface area (Å²) in [5.74, 6) is 0.516. The van der Waals surface area contributed by atoms with Gasteiger partial charge in [-0.25, -0.2) is 4.39 Å². The monoisotopic (exact) mass is 340 g/mol. The Balaban J connectivity index is 1.43. The summed E-state index contributed by atoms with van der Waals surface area (Å²) >= 11 is 0. The molecule has 0 aliphatic rings. The topological polar surface area (TPSA) is 80.9 Å². The first-order valence-corrected chi connectivity index (χ1v) is 7.95. The maximum absolute atomic E-state index is 12.9. The average Bonchev–Trinajstić information content (AvgIpc) is 3.10. The number of pyridine rings is 1. The van der Waals surface area contributed by atoms with Gasteiger partial charge in [0.25, 0.3) is 0 Å². The Hall–Kier alpha value is -3.09. The molecular formula is C18H17FN4O2. The Morgan fingerprint density at radius 3 is 2.80 bits per heavy atom. The number of rotatable bonds is 7. The van der Waals surface area contributed by atoms with E-state index in [-0.39, 0.29) is 11.7 Å². The van der Waals surface area contributed by atoms with Gasteiger partial charge in [0.2, 0.25) is 17.6 Å². The lowest BCUT2D eigenvalue weighted by atomic mass is 10.2. The number of hydrogen-bond acceptors (Lipinski definition) is 5. The molecule has 1 amide bonds. The lowest BCUT2D eigenvalue weighted by molar-refractivity contribution is -0.121. The quantitative estimate of drug-likeness (QED) is 0.715. The van der Waals surface area contributed by atoms with Crippen molar-refractivity contribution in [2.75, 3.05) is 0 Å². The maximum Gasteiger partial charge on any atom is 0.226 e. The number of benzene rings is 1. The van der Waals surface area contributed by atoms with E-state index in [4.69, 9.17) is 4.52 Å². The molecule has 0 saturated heterocycles. The average molecular weight is 340 g/mol. The molecule has 0 bridgehead atoms. The van der Waals surface area contributed by atoms with Crippen molar-refractivity contribution >= 4 is 5.91 Å². The van der Waals surface area contributed by atoms with E-state index in [0.717, 1.165) is 5.56 Å². The standard InChI is InChI=1S/C18H17FN4O2/c19-15-8-6-14(7-9-15)18-22-17(25-23-18)5-1-4-16(24)21-12-13-3-2-10-20-11-13/h2-3,6-11H,1,4-5,12H2,(H,21,24). The van der Waals surface area contributed by atoms with Gasteiger partial charge < -0.3 is 9.84 Å². The van der Waals surface area contributed by atoms with Crippen LogP contribution in [-0.2, 0) is 17.8 Å². The molecule has 0 atom stereocenters. The highest BCUT2D eigenvalue weighted by Gasteiger charge is 2.09. The van der Waals surface area contributed by atoms with E-state index in [1.807, 2.05) is 12.1 Å². The van der Waals surface area contributed by atoms with E-state index in [0.29, 0.717) is 43.1 Å². The Bertz CT molecular complexity index is 819. The van der Waals surface area contributed by atoms with Crippen molar-refractivity contribution in [2.45, 2.75) is 25.8 Å². The van der Waals surface area contributed by atoms with Crippen molar-refractivity contribution in [2.24, 2.45) is 0 Å². The highest BCUT2D eigenvalue weighted by Crippen LogP contribution is 2.16. The number of carbonyl (C=O) groups excluding carboxylic acids is 1. The second kappa shape index (κ2) is 8.14. The molecule has 1 aromatic carbocycles. The van der Waals surface area contributed by atoms with Crippen LogP contribution in [-0.4, -0.2) is 21.0 Å². The molecule has 1 N–H and O–H groups in total. The normalized spacial score (nSPS) is 10.6. The van der Waals surface area contributed by atoms with Crippen LogP contribution in [0.2, 0.25) is 0 Å². The molecule has 0 spiro atoms. The summed E-state index contributed by atoms with van der Waals surface area (Å²) < 4.78 is 18.1. The van der Waals surface area contributed by atoms with Gasteiger partial charge in [0.05, 0.1) is 0 Å². The number of carbonyl (C=O) groups is 1. The number of amides is 1. The predicted molar refractivity (Wildman–Crippen MR) is 88.7 cm³/mol. The summed E-state index contributed by atoms with van der Waals surface area (Å²) in [5.41, 5.74) is 1.64. The van der Waals surface area contributed by atoms with Crippen LogP contribution in [0, 0.1) is 5.82 Å². The smallest absolute Gasteiger partial charge is 0.226 e. The molecule has 3 rings (SSSR count). The van der Waals surface area contributed by atoms with Gasteiger partial charge in [0, 0.05) is 37.3 Å². The first-order chi connectivity index (χ1) is 12.2. The van der Waals surface area contributed by atoms with Gasteiger partial charge in [-0.3, -0.25) is 9.78 Å². The first kappa shape index (κ1) is 16.8. The molecule has 2 aromatic heterocycles. The van der Waals surface area contributed by atoms with E-state index >= 15 is 0 Å². The summed E-state index contributed by atoms with van der Waals surface area (Å²) in [6, 6.07) is 9.61. The minimum Gasteiger partial charge on any atom is -0.352 e. The third-order valence-electron chi connectivity index (χ3n) is 3.58. The molecule has 0 saturated carbocycles. The first-order valence-electron chi connectivity index (χ1n) is 7.95. The van der Waals surface area contributed by atoms with E-state index in [9.17, 15) is 9.18 Å². The van der Waals surface area contributed by atoms with Crippen LogP contribution in [0.4, 0.5) is 4.39 Å². The van der Waals surface area contributed by atoms with Crippen LogP contribution < -0.4 is 5.32 Å². The number of nitrogens with one attached hydrogen (secondary N) is 1. The number of hydrogen-bond donors (Lipinski definition) is 1. The lowest BCUT2D eigenvalue weighted by Crippen LogP contribution is -2.22. The van der Waals surface area contributed by atoms with E-state index in [1.165, 1.54) is 12.1 Å².